The van der Waals surface area contributed by atoms with E-state index in [0.717, 1.165) is 12.8 Å². The number of aldehydes is 1. The van der Waals surface area contributed by atoms with Crippen molar-refractivity contribution in [3.05, 3.63) is 0 Å². The molecule has 0 aromatic heterocycles. The van der Waals surface area contributed by atoms with Crippen molar-refractivity contribution in [2.45, 2.75) is 44.9 Å². The average Bonchev–Trinajstić information content (AvgIpc) is 2.23. The van der Waals surface area contributed by atoms with Crippen molar-refractivity contribution in [1.82, 2.24) is 3.11 Å². The normalized spacial score (nSPS) is 27.9. The lowest BCUT2D eigenvalue weighted by Crippen LogP contribution is -2.13. The van der Waals surface area contributed by atoms with E-state index in [1.54, 1.807) is 0 Å². The molecule has 82 valence electrons. The summed E-state index contributed by atoms with van der Waals surface area (Å²) in [6.07, 6.45) is 9.64. The van der Waals surface area contributed by atoms with Crippen molar-refractivity contribution >= 4 is 29.2 Å². The molecule has 1 fully saturated rings. The molecule has 1 unspecified atom stereocenters. The van der Waals surface area contributed by atoms with Crippen LogP contribution in [0.25, 0.3) is 0 Å². The largest absolute Gasteiger partial charge is 0.303 e. The molecule has 2 nitrogen and oxygen atoms in total. The average molecular weight is 309 g/mol. The highest BCUT2D eigenvalue weighted by molar-refractivity contribution is 14.1. The van der Waals surface area contributed by atoms with Gasteiger partial charge in [-0.05, 0) is 25.7 Å². The predicted octanol–water partition coefficient (Wildman–Crippen LogP) is 3.20. The van der Waals surface area contributed by atoms with Gasteiger partial charge in [-0.2, -0.15) is 0 Å². The lowest BCUT2D eigenvalue weighted by atomic mass is 9.97. The second-order valence-corrected chi connectivity index (χ2v) is 5.52. The monoisotopic (exact) mass is 309 g/mol. The Morgan fingerprint density at radius 3 is 2.21 bits per heavy atom. The highest BCUT2D eigenvalue weighted by atomic mass is 127. The maximum atomic E-state index is 10.8. The van der Waals surface area contributed by atoms with Crippen molar-refractivity contribution in [2.24, 2.45) is 5.92 Å². The van der Waals surface area contributed by atoms with Gasteiger partial charge in [0.1, 0.15) is 6.29 Å². The Hall–Kier alpha value is 0.360. The molecule has 0 amide bonds. The van der Waals surface area contributed by atoms with Crippen molar-refractivity contribution in [1.29, 1.82) is 0 Å². The lowest BCUT2D eigenvalue weighted by Gasteiger charge is -2.12. The summed E-state index contributed by atoms with van der Waals surface area (Å²) in [7, 11) is 0. The Balaban J connectivity index is 2.29. The number of carbonyl (C=O) groups excluding carboxylic acids is 1. The van der Waals surface area contributed by atoms with Crippen LogP contribution in [0.4, 0.5) is 0 Å². The van der Waals surface area contributed by atoms with Gasteiger partial charge in [0.25, 0.3) is 0 Å². The maximum absolute atomic E-state index is 10.8. The molecule has 1 rings (SSSR count). The molecule has 1 saturated heterocycles. The number of hydrogen-bond acceptors (Lipinski definition) is 2. The van der Waals surface area contributed by atoms with Gasteiger partial charge in [-0.15, -0.1) is 0 Å². The van der Waals surface area contributed by atoms with Gasteiger partial charge in [-0.25, -0.2) is 3.11 Å². The fraction of sp³-hybridized carbons (Fsp3) is 0.909. The molecular formula is C11H20INO. The summed E-state index contributed by atoms with van der Waals surface area (Å²) in [6.45, 7) is 2.40. The summed E-state index contributed by atoms with van der Waals surface area (Å²) in [5, 5.41) is 0. The first-order valence-corrected chi connectivity index (χ1v) is 6.65. The van der Waals surface area contributed by atoms with Gasteiger partial charge in [-0.1, -0.05) is 19.3 Å². The molecule has 0 saturated carbocycles. The number of carbonyl (C=O) groups is 1. The third-order valence-corrected chi connectivity index (χ3v) is 3.86. The van der Waals surface area contributed by atoms with Crippen LogP contribution in [0, 0.1) is 5.92 Å². The molecule has 0 radical (unpaired) electrons. The van der Waals surface area contributed by atoms with Crippen molar-refractivity contribution in [3.8, 4) is 0 Å². The molecule has 1 aliphatic heterocycles. The standard InChI is InChI=1S/C11H20INO/c12-13-8-4-1-2-6-11(10-14)7-3-5-9-13/h10-11H,1-9H2. The summed E-state index contributed by atoms with van der Waals surface area (Å²) in [5.41, 5.74) is 0. The van der Waals surface area contributed by atoms with Gasteiger partial charge in [0, 0.05) is 41.9 Å². The predicted molar refractivity (Wildman–Crippen MR) is 67.5 cm³/mol. The zero-order valence-electron chi connectivity index (χ0n) is 8.75. The summed E-state index contributed by atoms with van der Waals surface area (Å²) in [6, 6.07) is 0. The second-order valence-electron chi connectivity index (χ2n) is 4.15. The summed E-state index contributed by atoms with van der Waals surface area (Å²) in [5.74, 6) is 0.343. The van der Waals surface area contributed by atoms with Gasteiger partial charge in [0.05, 0.1) is 0 Å². The van der Waals surface area contributed by atoms with Gasteiger partial charge in [-0.3, -0.25) is 0 Å². The van der Waals surface area contributed by atoms with Crippen LogP contribution >= 0.6 is 22.9 Å². The number of hydrogen-bond donors (Lipinski definition) is 0. The van der Waals surface area contributed by atoms with Crippen molar-refractivity contribution in [3.63, 3.8) is 0 Å². The van der Waals surface area contributed by atoms with Gasteiger partial charge < -0.3 is 4.79 Å². The molecule has 0 aromatic rings. The minimum absolute atomic E-state index is 0.343. The fourth-order valence-electron chi connectivity index (χ4n) is 1.95. The SMILES string of the molecule is O=CC1CCCCCN(I)CCCC1. The smallest absolute Gasteiger partial charge is 0.123 e. The zero-order chi connectivity index (χ0) is 10.2. The minimum atomic E-state index is 0.343. The fourth-order valence-corrected chi connectivity index (χ4v) is 2.63. The van der Waals surface area contributed by atoms with Crippen LogP contribution in [0.1, 0.15) is 44.9 Å². The van der Waals surface area contributed by atoms with Crippen LogP contribution in [0.2, 0.25) is 0 Å². The highest BCUT2D eigenvalue weighted by Crippen LogP contribution is 2.17. The molecule has 1 heterocycles. The molecular weight excluding hydrogens is 289 g/mol. The summed E-state index contributed by atoms with van der Waals surface area (Å²) in [4.78, 5) is 10.8. The lowest BCUT2D eigenvalue weighted by molar-refractivity contribution is -0.111. The Labute approximate surface area is 101 Å². The van der Waals surface area contributed by atoms with Crippen LogP contribution in [0.5, 0.6) is 0 Å². The van der Waals surface area contributed by atoms with E-state index in [0.29, 0.717) is 5.92 Å². The third-order valence-electron chi connectivity index (χ3n) is 2.89. The van der Waals surface area contributed by atoms with E-state index < -0.39 is 0 Å². The van der Waals surface area contributed by atoms with E-state index in [-0.39, 0.29) is 0 Å². The minimum Gasteiger partial charge on any atom is -0.303 e. The maximum Gasteiger partial charge on any atom is 0.123 e. The first kappa shape index (κ1) is 12.4. The van der Waals surface area contributed by atoms with E-state index in [9.17, 15) is 4.79 Å². The third kappa shape index (κ3) is 5.29. The molecule has 14 heavy (non-hydrogen) atoms. The molecule has 0 aromatic carbocycles. The van der Waals surface area contributed by atoms with E-state index in [2.05, 4.69) is 26.0 Å². The zero-order valence-corrected chi connectivity index (χ0v) is 10.9. The Morgan fingerprint density at radius 1 is 1.00 bits per heavy atom. The first-order valence-electron chi connectivity index (χ1n) is 5.69. The van der Waals surface area contributed by atoms with Gasteiger partial charge >= 0.3 is 0 Å². The van der Waals surface area contributed by atoms with Crippen LogP contribution < -0.4 is 0 Å². The Bertz CT molecular complexity index is 163. The van der Waals surface area contributed by atoms with E-state index in [1.807, 2.05) is 0 Å². The molecule has 0 aliphatic carbocycles. The van der Waals surface area contributed by atoms with Gasteiger partial charge in [0.15, 0.2) is 0 Å². The number of rotatable bonds is 1. The number of halogens is 1. The Kier molecular flexibility index (Phi) is 6.77. The quantitative estimate of drug-likeness (QED) is 0.421. The second kappa shape index (κ2) is 7.63. The molecule has 1 aliphatic rings. The van der Waals surface area contributed by atoms with Crippen LogP contribution in [0.15, 0.2) is 0 Å². The van der Waals surface area contributed by atoms with Crippen LogP contribution in [-0.2, 0) is 4.79 Å². The van der Waals surface area contributed by atoms with E-state index in [1.165, 1.54) is 51.5 Å². The molecule has 0 spiro atoms. The van der Waals surface area contributed by atoms with Crippen molar-refractivity contribution in [2.75, 3.05) is 13.1 Å². The van der Waals surface area contributed by atoms with Crippen LogP contribution in [-0.4, -0.2) is 22.5 Å². The highest BCUT2D eigenvalue weighted by Gasteiger charge is 2.09. The van der Waals surface area contributed by atoms with Crippen molar-refractivity contribution < 1.29 is 4.79 Å². The molecule has 3 heteroatoms. The summed E-state index contributed by atoms with van der Waals surface area (Å²) >= 11 is 2.42. The van der Waals surface area contributed by atoms with E-state index >= 15 is 0 Å². The molecule has 0 N–H and O–H groups in total. The summed E-state index contributed by atoms with van der Waals surface area (Å²) < 4.78 is 2.39. The Morgan fingerprint density at radius 2 is 1.57 bits per heavy atom. The van der Waals surface area contributed by atoms with Gasteiger partial charge in [0.2, 0.25) is 0 Å². The molecule has 0 bridgehead atoms. The topological polar surface area (TPSA) is 20.3 Å². The van der Waals surface area contributed by atoms with Crippen LogP contribution in [0.3, 0.4) is 0 Å². The number of nitrogens with zero attached hydrogens (tertiary/aromatic N) is 1. The molecule has 1 atom stereocenters. The first-order chi connectivity index (χ1) is 6.83. The van der Waals surface area contributed by atoms with E-state index in [4.69, 9.17) is 0 Å².